The van der Waals surface area contributed by atoms with Crippen LogP contribution in [0.5, 0.6) is 0 Å². The van der Waals surface area contributed by atoms with Gasteiger partial charge in [0, 0.05) is 23.9 Å². The number of aliphatic carboxylic acids is 1. The lowest BCUT2D eigenvalue weighted by Crippen LogP contribution is -2.59. The number of benzene rings is 2. The maximum atomic E-state index is 14.8. The van der Waals surface area contributed by atoms with E-state index in [9.17, 15) is 24.3 Å². The maximum absolute atomic E-state index is 14.8. The first-order chi connectivity index (χ1) is 19.1. The van der Waals surface area contributed by atoms with Crippen molar-refractivity contribution in [1.82, 2.24) is 4.90 Å². The van der Waals surface area contributed by atoms with Crippen molar-refractivity contribution in [2.24, 2.45) is 23.2 Å². The number of Topliss-reactive ketones (excluding diaryl/α,β-unsaturated/α-hetero) is 1. The van der Waals surface area contributed by atoms with Gasteiger partial charge in [-0.15, -0.1) is 0 Å². The Hall–Kier alpha value is -3.19. The molecule has 0 radical (unpaired) electrons. The van der Waals surface area contributed by atoms with Crippen LogP contribution in [-0.4, -0.2) is 45.7 Å². The molecule has 4 aliphatic carbocycles. The van der Waals surface area contributed by atoms with Crippen LogP contribution in [0.3, 0.4) is 0 Å². The molecule has 4 saturated carbocycles. The number of amides is 2. The number of fused-ring (bicyclic) bond motifs is 1. The zero-order valence-electron chi connectivity index (χ0n) is 22.7. The highest BCUT2D eigenvalue weighted by atomic mass is 35.5. The van der Waals surface area contributed by atoms with E-state index in [2.05, 4.69) is 0 Å². The first-order valence-corrected chi connectivity index (χ1v) is 14.7. The Morgan fingerprint density at radius 1 is 0.975 bits per heavy atom. The molecule has 2 atom stereocenters. The molecule has 0 unspecified atom stereocenters. The van der Waals surface area contributed by atoms with E-state index in [4.69, 9.17) is 11.6 Å². The number of carboxylic acids is 1. The van der Waals surface area contributed by atoms with E-state index >= 15 is 0 Å². The van der Waals surface area contributed by atoms with Crippen molar-refractivity contribution in [3.63, 3.8) is 0 Å². The van der Waals surface area contributed by atoms with Gasteiger partial charge in [-0.1, -0.05) is 35.9 Å². The van der Waals surface area contributed by atoms with Gasteiger partial charge in [-0.3, -0.25) is 14.4 Å². The van der Waals surface area contributed by atoms with E-state index in [0.29, 0.717) is 34.9 Å². The summed E-state index contributed by atoms with van der Waals surface area (Å²) in [6, 6.07) is 11.6. The van der Waals surface area contributed by atoms with Crippen LogP contribution in [0.25, 0.3) is 0 Å². The monoisotopic (exact) mass is 562 g/mol. The summed E-state index contributed by atoms with van der Waals surface area (Å²) in [4.78, 5) is 57.1. The molecule has 7 rings (SSSR count). The molecule has 1 heterocycles. The number of carboxylic acid groups (broad SMARTS) is 1. The smallest absolute Gasteiger partial charge is 0.326 e. The minimum Gasteiger partial charge on any atom is -0.480 e. The van der Waals surface area contributed by atoms with E-state index in [1.807, 2.05) is 12.1 Å². The second-order valence-corrected chi connectivity index (χ2v) is 13.1. The van der Waals surface area contributed by atoms with Crippen molar-refractivity contribution >= 4 is 40.9 Å². The van der Waals surface area contributed by atoms with Gasteiger partial charge >= 0.3 is 5.97 Å². The standard InChI is InChI=1S/C32H35ClN2O5/c1-19(36)35-27(31(39)40)13-29(37)25-7-2-3-8-26(25)34(18-20-5-4-6-24(33)12-20)30(38)28(35)17-32-14-21-9-22(15-32)11-23(10-21)16-32/h2-8,12,21-23,27-28H,9-11,13-18H2,1H3,(H,39,40)/t21?,22?,23?,27-,28+,32?/m0/s1. The van der Waals surface area contributed by atoms with Crippen LogP contribution >= 0.6 is 11.6 Å². The minimum atomic E-state index is -1.42. The molecule has 7 nitrogen and oxygen atoms in total. The summed E-state index contributed by atoms with van der Waals surface area (Å²) in [6.07, 6.45) is 6.75. The number of hydrogen-bond donors (Lipinski definition) is 1. The molecule has 8 heteroatoms. The van der Waals surface area contributed by atoms with Gasteiger partial charge in [-0.05, 0) is 97.9 Å². The van der Waals surface area contributed by atoms with Crippen LogP contribution in [-0.2, 0) is 20.9 Å². The van der Waals surface area contributed by atoms with Gasteiger partial charge in [0.1, 0.15) is 12.1 Å². The summed E-state index contributed by atoms with van der Waals surface area (Å²) in [7, 11) is 0. The fourth-order valence-corrected chi connectivity index (χ4v) is 8.94. The lowest BCUT2D eigenvalue weighted by atomic mass is 9.48. The maximum Gasteiger partial charge on any atom is 0.326 e. The number of carbonyl (C=O) groups excluding carboxylic acids is 3. The van der Waals surface area contributed by atoms with E-state index in [1.165, 1.54) is 31.1 Å². The number of anilines is 1. The highest BCUT2D eigenvalue weighted by molar-refractivity contribution is 6.30. The highest BCUT2D eigenvalue weighted by Gasteiger charge is 2.54. The Bertz CT molecular complexity index is 1340. The summed E-state index contributed by atoms with van der Waals surface area (Å²) < 4.78 is 0. The van der Waals surface area contributed by atoms with Crippen LogP contribution in [0.15, 0.2) is 48.5 Å². The second kappa shape index (κ2) is 10.3. The molecular formula is C32H35ClN2O5. The van der Waals surface area contributed by atoms with E-state index < -0.39 is 29.7 Å². The lowest BCUT2D eigenvalue weighted by molar-refractivity contribution is -0.156. The minimum absolute atomic E-state index is 0.106. The van der Waals surface area contributed by atoms with Gasteiger partial charge in [-0.25, -0.2) is 4.79 Å². The lowest BCUT2D eigenvalue weighted by Gasteiger charge is -2.58. The Balaban J connectivity index is 1.48. The van der Waals surface area contributed by atoms with Crippen LogP contribution in [0.2, 0.25) is 5.02 Å². The molecule has 0 aromatic heterocycles. The molecule has 4 bridgehead atoms. The molecule has 0 spiro atoms. The summed E-state index contributed by atoms with van der Waals surface area (Å²) in [5, 5.41) is 10.8. The number of hydrogen-bond acceptors (Lipinski definition) is 4. The molecule has 40 heavy (non-hydrogen) atoms. The number of ketones is 1. The number of para-hydroxylation sites is 1. The molecule has 5 aliphatic rings. The summed E-state index contributed by atoms with van der Waals surface area (Å²) in [5.41, 5.74) is 1.39. The predicted molar refractivity (Wildman–Crippen MR) is 151 cm³/mol. The second-order valence-electron chi connectivity index (χ2n) is 12.6. The number of halogens is 1. The quantitative estimate of drug-likeness (QED) is 0.502. The third-order valence-electron chi connectivity index (χ3n) is 9.77. The van der Waals surface area contributed by atoms with Gasteiger partial charge < -0.3 is 14.9 Å². The van der Waals surface area contributed by atoms with Gasteiger partial charge in [-0.2, -0.15) is 0 Å². The molecule has 0 saturated heterocycles. The first-order valence-electron chi connectivity index (χ1n) is 14.3. The van der Waals surface area contributed by atoms with E-state index in [0.717, 1.165) is 24.8 Å². The molecule has 1 N–H and O–H groups in total. The normalized spacial score (nSPS) is 31.4. The summed E-state index contributed by atoms with van der Waals surface area (Å²) in [6.45, 7) is 1.46. The van der Waals surface area contributed by atoms with Crippen molar-refractivity contribution in [3.8, 4) is 0 Å². The van der Waals surface area contributed by atoms with Crippen molar-refractivity contribution in [3.05, 3.63) is 64.7 Å². The van der Waals surface area contributed by atoms with Gasteiger partial charge in [0.15, 0.2) is 5.78 Å². The molecule has 2 amide bonds. The Labute approximate surface area is 239 Å². The van der Waals surface area contributed by atoms with Gasteiger partial charge in [0.2, 0.25) is 11.8 Å². The Morgan fingerprint density at radius 3 is 2.23 bits per heavy atom. The van der Waals surface area contributed by atoms with Crippen molar-refractivity contribution in [2.75, 3.05) is 4.90 Å². The van der Waals surface area contributed by atoms with Gasteiger partial charge in [0.05, 0.1) is 12.2 Å². The average molecular weight is 563 g/mol. The summed E-state index contributed by atoms with van der Waals surface area (Å²) >= 11 is 6.28. The largest absolute Gasteiger partial charge is 0.480 e. The van der Waals surface area contributed by atoms with Crippen LogP contribution in [0.1, 0.15) is 74.2 Å². The van der Waals surface area contributed by atoms with E-state index in [-0.39, 0.29) is 29.9 Å². The van der Waals surface area contributed by atoms with Crippen molar-refractivity contribution in [1.29, 1.82) is 0 Å². The fourth-order valence-electron chi connectivity index (χ4n) is 8.73. The van der Waals surface area contributed by atoms with Crippen LogP contribution in [0, 0.1) is 23.2 Å². The topological polar surface area (TPSA) is 95.0 Å². The molecular weight excluding hydrogens is 528 g/mol. The van der Waals surface area contributed by atoms with E-state index in [1.54, 1.807) is 41.3 Å². The third kappa shape index (κ3) is 4.93. The molecule has 210 valence electrons. The predicted octanol–water partition coefficient (Wildman–Crippen LogP) is 5.74. The Morgan fingerprint density at radius 2 is 1.62 bits per heavy atom. The van der Waals surface area contributed by atoms with Gasteiger partial charge in [0.25, 0.3) is 0 Å². The summed E-state index contributed by atoms with van der Waals surface area (Å²) in [5.74, 6) is -0.645. The molecule has 2 aromatic rings. The third-order valence-corrected chi connectivity index (χ3v) is 10.0. The number of rotatable bonds is 5. The van der Waals surface area contributed by atoms with Crippen molar-refractivity contribution < 1.29 is 24.3 Å². The molecule has 2 aromatic carbocycles. The SMILES string of the molecule is CC(=O)N1[C@H](CC23CC4CC(CC(C4)C2)C3)C(=O)N(Cc2cccc(Cl)c2)c2ccccc2C(=O)C[C@H]1C(=O)O. The molecule has 1 aliphatic heterocycles. The average Bonchev–Trinajstić information content (AvgIpc) is 2.92. The Kier molecular flexibility index (Phi) is 6.97. The highest BCUT2D eigenvalue weighted by Crippen LogP contribution is 2.62. The zero-order valence-corrected chi connectivity index (χ0v) is 23.5. The first kappa shape index (κ1) is 27.0. The number of carbonyl (C=O) groups is 4. The number of nitrogens with zero attached hydrogens (tertiary/aromatic N) is 2. The van der Waals surface area contributed by atoms with Crippen LogP contribution in [0.4, 0.5) is 5.69 Å². The molecule has 4 fully saturated rings. The zero-order chi connectivity index (χ0) is 28.2. The van der Waals surface area contributed by atoms with Crippen LogP contribution < -0.4 is 4.90 Å². The van der Waals surface area contributed by atoms with Crippen molar-refractivity contribution in [2.45, 2.75) is 76.9 Å². The fraction of sp³-hybridized carbons (Fsp3) is 0.500.